The third-order valence-electron chi connectivity index (χ3n) is 3.59. The van der Waals surface area contributed by atoms with Crippen LogP contribution in [0.25, 0.3) is 0 Å². The van der Waals surface area contributed by atoms with Gasteiger partial charge in [-0.3, -0.25) is 4.90 Å². The molecule has 0 saturated carbocycles. The Morgan fingerprint density at radius 3 is 2.95 bits per heavy atom. The second kappa shape index (κ2) is 7.03. The van der Waals surface area contributed by atoms with E-state index in [1.165, 1.54) is 0 Å². The number of amides is 2. The maximum atomic E-state index is 12.4. The number of carbonyl (C=O) groups excluding carboxylic acids is 1. The Balaban J connectivity index is 2.14. The number of nitrogens with zero attached hydrogens (tertiary/aromatic N) is 1. The van der Waals surface area contributed by atoms with Crippen LogP contribution >= 0.6 is 11.6 Å². The predicted molar refractivity (Wildman–Crippen MR) is 86.4 cm³/mol. The van der Waals surface area contributed by atoms with E-state index in [-0.39, 0.29) is 12.1 Å². The number of anilines is 1. The summed E-state index contributed by atoms with van der Waals surface area (Å²) >= 11 is 6.05. The van der Waals surface area contributed by atoms with Crippen molar-refractivity contribution in [3.8, 4) is 5.75 Å². The molecule has 0 spiro atoms. The molecule has 4 nitrogen and oxygen atoms in total. The largest absolute Gasteiger partial charge is 0.486 e. The van der Waals surface area contributed by atoms with E-state index in [9.17, 15) is 4.79 Å². The summed E-state index contributed by atoms with van der Waals surface area (Å²) in [4.78, 5) is 14.2. The van der Waals surface area contributed by atoms with Crippen LogP contribution in [0.1, 0.15) is 33.6 Å². The average molecular weight is 311 g/mol. The molecule has 1 atom stereocenters. The third-order valence-corrected chi connectivity index (χ3v) is 3.83. The minimum Gasteiger partial charge on any atom is -0.486 e. The highest BCUT2D eigenvalue weighted by Crippen LogP contribution is 2.36. The lowest BCUT2D eigenvalue weighted by Crippen LogP contribution is -2.48. The van der Waals surface area contributed by atoms with Crippen LogP contribution in [0, 0.1) is 5.92 Å². The fourth-order valence-electron chi connectivity index (χ4n) is 2.29. The van der Waals surface area contributed by atoms with E-state index in [2.05, 4.69) is 26.1 Å². The number of nitrogens with one attached hydrogen (secondary N) is 1. The first-order chi connectivity index (χ1) is 10.0. The molecule has 1 aliphatic heterocycles. The SMILES string of the molecule is CC[C@@H]1CN(C(=O)NCCC(C)C)c2cc(Cl)ccc2O1. The smallest absolute Gasteiger partial charge is 0.322 e. The first kappa shape index (κ1) is 16.0. The normalized spacial score (nSPS) is 17.4. The van der Waals surface area contributed by atoms with Crippen LogP contribution in [0.4, 0.5) is 10.5 Å². The van der Waals surface area contributed by atoms with Gasteiger partial charge in [-0.2, -0.15) is 0 Å². The molecule has 1 aliphatic rings. The Morgan fingerprint density at radius 1 is 1.52 bits per heavy atom. The number of hydrogen-bond acceptors (Lipinski definition) is 2. The van der Waals surface area contributed by atoms with Crippen LogP contribution in [-0.4, -0.2) is 25.2 Å². The quantitative estimate of drug-likeness (QED) is 0.910. The number of rotatable bonds is 4. The molecular weight excluding hydrogens is 288 g/mol. The molecule has 0 aromatic heterocycles. The number of hydrogen-bond donors (Lipinski definition) is 1. The third kappa shape index (κ3) is 4.03. The van der Waals surface area contributed by atoms with E-state index in [0.29, 0.717) is 24.0 Å². The number of benzene rings is 1. The van der Waals surface area contributed by atoms with Crippen LogP contribution in [0.5, 0.6) is 5.75 Å². The maximum absolute atomic E-state index is 12.4. The first-order valence-corrected chi connectivity index (χ1v) is 7.90. The molecule has 5 heteroatoms. The van der Waals surface area contributed by atoms with Crippen molar-refractivity contribution in [2.24, 2.45) is 5.92 Å². The van der Waals surface area contributed by atoms with Crippen LogP contribution in [0.3, 0.4) is 0 Å². The summed E-state index contributed by atoms with van der Waals surface area (Å²) in [5.41, 5.74) is 0.745. The van der Waals surface area contributed by atoms with Gasteiger partial charge >= 0.3 is 6.03 Å². The van der Waals surface area contributed by atoms with E-state index in [1.54, 1.807) is 17.0 Å². The topological polar surface area (TPSA) is 41.6 Å². The zero-order chi connectivity index (χ0) is 15.4. The molecule has 0 fully saturated rings. The van der Waals surface area contributed by atoms with Crippen molar-refractivity contribution in [2.45, 2.75) is 39.7 Å². The van der Waals surface area contributed by atoms with Crippen molar-refractivity contribution >= 4 is 23.3 Å². The van der Waals surface area contributed by atoms with Crippen molar-refractivity contribution in [3.63, 3.8) is 0 Å². The van der Waals surface area contributed by atoms with Crippen LogP contribution in [0.2, 0.25) is 5.02 Å². The predicted octanol–water partition coefficient (Wildman–Crippen LogP) is 4.07. The van der Waals surface area contributed by atoms with E-state index in [1.807, 2.05) is 6.07 Å². The summed E-state index contributed by atoms with van der Waals surface area (Å²) in [7, 11) is 0. The van der Waals surface area contributed by atoms with Crippen LogP contribution in [-0.2, 0) is 0 Å². The van der Waals surface area contributed by atoms with Gasteiger partial charge in [0, 0.05) is 11.6 Å². The molecule has 2 rings (SSSR count). The molecule has 0 bridgehead atoms. The monoisotopic (exact) mass is 310 g/mol. The minimum atomic E-state index is -0.0825. The lowest BCUT2D eigenvalue weighted by molar-refractivity contribution is 0.186. The van der Waals surface area contributed by atoms with Gasteiger partial charge in [0.15, 0.2) is 0 Å². The zero-order valence-corrected chi connectivity index (χ0v) is 13.6. The number of urea groups is 1. The van der Waals surface area contributed by atoms with E-state index in [0.717, 1.165) is 24.3 Å². The van der Waals surface area contributed by atoms with Gasteiger partial charge in [-0.25, -0.2) is 4.79 Å². The van der Waals surface area contributed by atoms with Crippen LogP contribution < -0.4 is 15.0 Å². The van der Waals surface area contributed by atoms with Gasteiger partial charge in [0.2, 0.25) is 0 Å². The van der Waals surface area contributed by atoms with Crippen molar-refractivity contribution in [1.29, 1.82) is 0 Å². The maximum Gasteiger partial charge on any atom is 0.322 e. The van der Waals surface area contributed by atoms with Gasteiger partial charge in [-0.05, 0) is 37.0 Å². The van der Waals surface area contributed by atoms with E-state index < -0.39 is 0 Å². The molecular formula is C16H23ClN2O2. The second-order valence-electron chi connectivity index (χ2n) is 5.79. The Bertz CT molecular complexity index is 505. The highest BCUT2D eigenvalue weighted by Gasteiger charge is 2.29. The van der Waals surface area contributed by atoms with Gasteiger partial charge in [0.1, 0.15) is 11.9 Å². The summed E-state index contributed by atoms with van der Waals surface area (Å²) in [6.45, 7) is 7.57. The molecule has 2 amide bonds. The Kier molecular flexibility index (Phi) is 5.34. The Hall–Kier alpha value is -1.42. The van der Waals surface area contributed by atoms with Gasteiger partial charge < -0.3 is 10.1 Å². The Morgan fingerprint density at radius 2 is 2.29 bits per heavy atom. The molecule has 1 heterocycles. The first-order valence-electron chi connectivity index (χ1n) is 7.52. The molecule has 1 aromatic rings. The molecule has 0 saturated heterocycles. The highest BCUT2D eigenvalue weighted by molar-refractivity contribution is 6.31. The fourth-order valence-corrected chi connectivity index (χ4v) is 2.45. The van der Waals surface area contributed by atoms with Crippen molar-refractivity contribution < 1.29 is 9.53 Å². The molecule has 1 aromatic carbocycles. The summed E-state index contributed by atoms with van der Waals surface area (Å²) in [5.74, 6) is 1.29. The summed E-state index contributed by atoms with van der Waals surface area (Å²) in [6, 6.07) is 5.31. The van der Waals surface area contributed by atoms with Gasteiger partial charge in [0.05, 0.1) is 12.2 Å². The molecule has 0 aliphatic carbocycles. The molecule has 116 valence electrons. The Labute approximate surface area is 131 Å². The summed E-state index contributed by atoms with van der Waals surface area (Å²) in [5, 5.41) is 3.58. The van der Waals surface area contributed by atoms with Crippen molar-refractivity contribution in [2.75, 3.05) is 18.0 Å². The molecule has 21 heavy (non-hydrogen) atoms. The van der Waals surface area contributed by atoms with Gasteiger partial charge in [-0.1, -0.05) is 32.4 Å². The van der Waals surface area contributed by atoms with Gasteiger partial charge in [-0.15, -0.1) is 0 Å². The standard InChI is InChI=1S/C16H23ClN2O2/c1-4-13-10-19(16(20)18-8-7-11(2)3)14-9-12(17)5-6-15(14)21-13/h5-6,9,11,13H,4,7-8,10H2,1-3H3,(H,18,20)/t13-/m1/s1. The lowest BCUT2D eigenvalue weighted by Gasteiger charge is -2.34. The number of fused-ring (bicyclic) bond motifs is 1. The number of carbonyl (C=O) groups is 1. The fraction of sp³-hybridized carbons (Fsp3) is 0.562. The second-order valence-corrected chi connectivity index (χ2v) is 6.22. The highest BCUT2D eigenvalue weighted by atomic mass is 35.5. The van der Waals surface area contributed by atoms with Crippen molar-refractivity contribution in [1.82, 2.24) is 5.32 Å². The van der Waals surface area contributed by atoms with Crippen molar-refractivity contribution in [3.05, 3.63) is 23.2 Å². The summed E-state index contributed by atoms with van der Waals surface area (Å²) in [6.07, 6.45) is 1.85. The average Bonchev–Trinajstić information content (AvgIpc) is 2.45. The lowest BCUT2D eigenvalue weighted by atomic mass is 10.1. The van der Waals surface area contributed by atoms with Crippen LogP contribution in [0.15, 0.2) is 18.2 Å². The van der Waals surface area contributed by atoms with Gasteiger partial charge in [0.25, 0.3) is 0 Å². The molecule has 0 radical (unpaired) electrons. The summed E-state index contributed by atoms with van der Waals surface area (Å²) < 4.78 is 5.88. The number of ether oxygens (including phenoxy) is 1. The molecule has 0 unspecified atom stereocenters. The minimum absolute atomic E-state index is 0.0227. The molecule has 1 N–H and O–H groups in total. The number of halogens is 1. The zero-order valence-electron chi connectivity index (χ0n) is 12.9. The van der Waals surface area contributed by atoms with E-state index >= 15 is 0 Å². The van der Waals surface area contributed by atoms with E-state index in [4.69, 9.17) is 16.3 Å².